The smallest absolute Gasteiger partial charge is 0.322 e. The van der Waals surface area contributed by atoms with Gasteiger partial charge in [0, 0.05) is 6.61 Å². The summed E-state index contributed by atoms with van der Waals surface area (Å²) in [5, 5.41) is 10.1. The lowest BCUT2D eigenvalue weighted by Crippen LogP contribution is -2.20. The molecule has 1 N–H and O–H groups in total. The average Bonchev–Trinajstić information content (AvgIpc) is 3.17. The minimum atomic E-state index is -0.360. The molecule has 1 fully saturated rings. The molecule has 0 aliphatic carbocycles. The number of amides is 1. The summed E-state index contributed by atoms with van der Waals surface area (Å²) in [6, 6.07) is 9.14. The Hall–Kier alpha value is -2.41. The number of nitrogens with one attached hydrogen (secondary N) is 1. The maximum absolute atomic E-state index is 11.7. The van der Waals surface area contributed by atoms with E-state index in [2.05, 4.69) is 15.5 Å². The van der Waals surface area contributed by atoms with Gasteiger partial charge in [-0.2, -0.15) is 0 Å². The summed E-state index contributed by atoms with van der Waals surface area (Å²) in [6.07, 6.45) is 1.66. The molecule has 3 rings (SSSR count). The number of carbonyl (C=O) groups is 1. The van der Waals surface area contributed by atoms with Crippen LogP contribution in [0.2, 0.25) is 0 Å². The molecule has 2 aromatic rings. The van der Waals surface area contributed by atoms with Crippen molar-refractivity contribution in [1.29, 1.82) is 0 Å². The summed E-state index contributed by atoms with van der Waals surface area (Å²) in [5.74, 6) is 0.659. The third kappa shape index (κ3) is 3.57. The van der Waals surface area contributed by atoms with E-state index in [4.69, 9.17) is 13.9 Å². The van der Waals surface area contributed by atoms with Crippen molar-refractivity contribution in [3.8, 4) is 5.75 Å². The van der Waals surface area contributed by atoms with Gasteiger partial charge in [0.2, 0.25) is 5.89 Å². The summed E-state index contributed by atoms with van der Waals surface area (Å²) in [5.41, 5.74) is 0. The molecule has 1 aliphatic rings. The molecule has 0 spiro atoms. The van der Waals surface area contributed by atoms with Crippen LogP contribution >= 0.6 is 0 Å². The minimum Gasteiger partial charge on any atom is -0.484 e. The Bertz CT molecular complexity index is 593. The van der Waals surface area contributed by atoms with Crippen molar-refractivity contribution in [2.45, 2.75) is 18.9 Å². The van der Waals surface area contributed by atoms with Gasteiger partial charge < -0.3 is 13.9 Å². The van der Waals surface area contributed by atoms with Crippen LogP contribution in [0.25, 0.3) is 0 Å². The van der Waals surface area contributed by atoms with Gasteiger partial charge >= 0.3 is 6.01 Å². The van der Waals surface area contributed by atoms with E-state index >= 15 is 0 Å². The van der Waals surface area contributed by atoms with Crippen LogP contribution in [0.4, 0.5) is 6.01 Å². The van der Waals surface area contributed by atoms with E-state index in [0.29, 0.717) is 18.2 Å². The van der Waals surface area contributed by atoms with E-state index < -0.39 is 0 Å². The van der Waals surface area contributed by atoms with Gasteiger partial charge in [0.15, 0.2) is 6.61 Å². The lowest BCUT2D eigenvalue weighted by atomic mass is 10.2. The van der Waals surface area contributed by atoms with Gasteiger partial charge in [-0.05, 0) is 25.0 Å². The zero-order valence-electron chi connectivity index (χ0n) is 11.3. The topological polar surface area (TPSA) is 86.5 Å². The number of hydrogen-bond acceptors (Lipinski definition) is 6. The number of anilines is 1. The number of benzene rings is 1. The van der Waals surface area contributed by atoms with E-state index in [0.717, 1.165) is 12.8 Å². The Morgan fingerprint density at radius 2 is 2.19 bits per heavy atom. The molecule has 1 atom stereocenters. The standard InChI is InChI=1S/C14H15N3O4/c18-12(9-20-10-5-2-1-3-6-10)15-14-17-16-13(21-14)11-7-4-8-19-11/h1-3,5-6,11H,4,7-9H2,(H,15,17,18)/t11-/m0/s1. The third-order valence-corrected chi connectivity index (χ3v) is 3.01. The van der Waals surface area contributed by atoms with Crippen LogP contribution in [0, 0.1) is 0 Å². The van der Waals surface area contributed by atoms with Crippen LogP contribution in [0.3, 0.4) is 0 Å². The van der Waals surface area contributed by atoms with E-state index in [1.807, 2.05) is 18.2 Å². The first-order chi connectivity index (χ1) is 10.3. The Morgan fingerprint density at radius 1 is 1.33 bits per heavy atom. The zero-order valence-corrected chi connectivity index (χ0v) is 11.3. The number of hydrogen-bond donors (Lipinski definition) is 1. The molecular formula is C14H15N3O4. The van der Waals surface area contributed by atoms with E-state index in [9.17, 15) is 4.79 Å². The Balaban J connectivity index is 1.50. The van der Waals surface area contributed by atoms with Gasteiger partial charge in [-0.3, -0.25) is 10.1 Å². The summed E-state index contributed by atoms with van der Waals surface area (Å²) in [4.78, 5) is 11.7. The molecule has 0 bridgehead atoms. The summed E-state index contributed by atoms with van der Waals surface area (Å²) in [6.45, 7) is 0.571. The molecule has 0 radical (unpaired) electrons. The maximum Gasteiger partial charge on any atom is 0.322 e. The number of para-hydroxylation sites is 1. The van der Waals surface area contributed by atoms with Gasteiger partial charge in [0.25, 0.3) is 5.91 Å². The van der Waals surface area contributed by atoms with Crippen LogP contribution in [0.1, 0.15) is 24.8 Å². The molecule has 7 heteroatoms. The average molecular weight is 289 g/mol. The van der Waals surface area contributed by atoms with Gasteiger partial charge in [-0.15, -0.1) is 5.10 Å². The molecule has 0 unspecified atom stereocenters. The lowest BCUT2D eigenvalue weighted by Gasteiger charge is -2.04. The predicted molar refractivity (Wildman–Crippen MR) is 72.8 cm³/mol. The summed E-state index contributed by atoms with van der Waals surface area (Å²) < 4.78 is 16.1. The second-order valence-electron chi connectivity index (χ2n) is 4.60. The zero-order chi connectivity index (χ0) is 14.5. The van der Waals surface area contributed by atoms with Gasteiger partial charge in [-0.25, -0.2) is 0 Å². The molecule has 1 saturated heterocycles. The molecule has 1 amide bonds. The summed E-state index contributed by atoms with van der Waals surface area (Å²) in [7, 11) is 0. The second kappa shape index (κ2) is 6.36. The van der Waals surface area contributed by atoms with E-state index in [1.165, 1.54) is 0 Å². The van der Waals surface area contributed by atoms with Gasteiger partial charge in [0.1, 0.15) is 11.9 Å². The van der Waals surface area contributed by atoms with Crippen LogP contribution < -0.4 is 10.1 Å². The molecular weight excluding hydrogens is 274 g/mol. The van der Waals surface area contributed by atoms with Crippen molar-refractivity contribution in [3.05, 3.63) is 36.2 Å². The quantitative estimate of drug-likeness (QED) is 0.905. The normalized spacial score (nSPS) is 17.6. The van der Waals surface area contributed by atoms with E-state index in [-0.39, 0.29) is 24.6 Å². The van der Waals surface area contributed by atoms with Crippen LogP contribution in [0.5, 0.6) is 5.75 Å². The first-order valence-corrected chi connectivity index (χ1v) is 6.74. The van der Waals surface area contributed by atoms with Crippen molar-refractivity contribution in [2.75, 3.05) is 18.5 Å². The van der Waals surface area contributed by atoms with Gasteiger partial charge in [-0.1, -0.05) is 23.3 Å². The first kappa shape index (κ1) is 13.6. The number of rotatable bonds is 5. The minimum absolute atomic E-state index is 0.0576. The fraction of sp³-hybridized carbons (Fsp3) is 0.357. The van der Waals surface area contributed by atoms with Crippen LogP contribution in [-0.2, 0) is 9.53 Å². The number of aromatic nitrogens is 2. The highest BCUT2D eigenvalue weighted by Crippen LogP contribution is 2.27. The fourth-order valence-corrected chi connectivity index (χ4v) is 2.01. The number of ether oxygens (including phenoxy) is 2. The maximum atomic E-state index is 11.7. The monoisotopic (exact) mass is 289 g/mol. The second-order valence-corrected chi connectivity index (χ2v) is 4.60. The lowest BCUT2D eigenvalue weighted by molar-refractivity contribution is -0.118. The van der Waals surface area contributed by atoms with Crippen LogP contribution in [0.15, 0.2) is 34.7 Å². The highest BCUT2D eigenvalue weighted by atomic mass is 16.5. The van der Waals surface area contributed by atoms with E-state index in [1.54, 1.807) is 12.1 Å². The Kier molecular flexibility index (Phi) is 4.11. The molecule has 1 aliphatic heterocycles. The SMILES string of the molecule is O=C(COc1ccccc1)Nc1nnc([C@@H]2CCCO2)o1. The molecule has 7 nitrogen and oxygen atoms in total. The molecule has 110 valence electrons. The van der Waals surface area contributed by atoms with Crippen molar-refractivity contribution in [3.63, 3.8) is 0 Å². The third-order valence-electron chi connectivity index (χ3n) is 3.01. The van der Waals surface area contributed by atoms with Crippen molar-refractivity contribution in [2.24, 2.45) is 0 Å². The van der Waals surface area contributed by atoms with Crippen LogP contribution in [-0.4, -0.2) is 29.3 Å². The van der Waals surface area contributed by atoms with Crippen molar-refractivity contribution < 1.29 is 18.7 Å². The Labute approximate surface area is 121 Å². The Morgan fingerprint density at radius 3 is 2.95 bits per heavy atom. The number of nitrogens with zero attached hydrogens (tertiary/aromatic N) is 2. The van der Waals surface area contributed by atoms with Gasteiger partial charge in [0.05, 0.1) is 0 Å². The molecule has 21 heavy (non-hydrogen) atoms. The molecule has 0 saturated carbocycles. The van der Waals surface area contributed by atoms with Crippen molar-refractivity contribution in [1.82, 2.24) is 10.2 Å². The molecule has 2 heterocycles. The predicted octanol–water partition coefficient (Wildman–Crippen LogP) is 1.94. The fourth-order valence-electron chi connectivity index (χ4n) is 2.01. The van der Waals surface area contributed by atoms with Crippen molar-refractivity contribution >= 4 is 11.9 Å². The highest BCUT2D eigenvalue weighted by molar-refractivity contribution is 5.89. The summed E-state index contributed by atoms with van der Waals surface area (Å²) >= 11 is 0. The molecule has 1 aromatic heterocycles. The number of carbonyl (C=O) groups excluding carboxylic acids is 1. The molecule has 1 aromatic carbocycles. The first-order valence-electron chi connectivity index (χ1n) is 6.74. The largest absolute Gasteiger partial charge is 0.484 e. The highest BCUT2D eigenvalue weighted by Gasteiger charge is 2.24.